The average Bonchev–Trinajstić information content (AvgIpc) is 3.04. The summed E-state index contributed by atoms with van der Waals surface area (Å²) in [5.41, 5.74) is 6.65. The van der Waals surface area contributed by atoms with Gasteiger partial charge in [0.2, 0.25) is 5.76 Å². The molecule has 1 saturated heterocycles. The number of nitrogens with zero attached hydrogens (tertiary/aromatic N) is 2. The van der Waals surface area contributed by atoms with Crippen molar-refractivity contribution in [3.8, 4) is 0 Å². The van der Waals surface area contributed by atoms with Crippen molar-refractivity contribution >= 4 is 18.3 Å². The van der Waals surface area contributed by atoms with Crippen molar-refractivity contribution in [3.05, 3.63) is 17.5 Å². The van der Waals surface area contributed by atoms with Crippen LogP contribution in [0.2, 0.25) is 0 Å². The Labute approximate surface area is 126 Å². The second kappa shape index (κ2) is 6.59. The Balaban J connectivity index is 0.00000200. The highest BCUT2D eigenvalue weighted by Gasteiger charge is 2.36. The molecule has 1 aromatic heterocycles. The van der Waals surface area contributed by atoms with Gasteiger partial charge in [0.05, 0.1) is 5.69 Å². The molecule has 0 aromatic carbocycles. The van der Waals surface area contributed by atoms with Gasteiger partial charge in [0.25, 0.3) is 5.91 Å². The summed E-state index contributed by atoms with van der Waals surface area (Å²) in [5.74, 6) is 0.592. The Morgan fingerprint density at radius 1 is 1.65 bits per heavy atom. The molecule has 114 valence electrons. The first-order valence-corrected chi connectivity index (χ1v) is 6.95. The molecular weight excluding hydrogens is 278 g/mol. The zero-order chi connectivity index (χ0) is 14.0. The standard InChI is InChI=1S/C14H23N3O2.ClH/c1-4-10(2)11-7-12(19-16-11)13(18)17-6-5-14(3,8-15)9-17;/h7,10H,4-6,8-9,15H2,1-3H3;1H. The van der Waals surface area contributed by atoms with Crippen LogP contribution in [0.15, 0.2) is 10.6 Å². The Hall–Kier alpha value is -1.07. The van der Waals surface area contributed by atoms with Gasteiger partial charge in [-0.3, -0.25) is 4.79 Å². The quantitative estimate of drug-likeness (QED) is 0.927. The molecule has 1 aliphatic rings. The predicted octanol–water partition coefficient (Wildman–Crippen LogP) is 2.42. The second-order valence-electron chi connectivity index (χ2n) is 5.92. The summed E-state index contributed by atoms with van der Waals surface area (Å²) in [5, 5.41) is 3.99. The van der Waals surface area contributed by atoms with Crippen molar-refractivity contribution < 1.29 is 9.32 Å². The Bertz CT molecular complexity index is 463. The van der Waals surface area contributed by atoms with E-state index >= 15 is 0 Å². The molecule has 1 fully saturated rings. The van der Waals surface area contributed by atoms with E-state index in [-0.39, 0.29) is 23.7 Å². The van der Waals surface area contributed by atoms with Gasteiger partial charge >= 0.3 is 0 Å². The minimum atomic E-state index is -0.0702. The summed E-state index contributed by atoms with van der Waals surface area (Å²) in [6.45, 7) is 8.33. The molecule has 1 aromatic rings. The fraction of sp³-hybridized carbons (Fsp3) is 0.714. The molecule has 0 spiro atoms. The number of nitrogens with two attached hydrogens (primary N) is 1. The van der Waals surface area contributed by atoms with Crippen LogP contribution < -0.4 is 5.73 Å². The van der Waals surface area contributed by atoms with Gasteiger partial charge in [-0.2, -0.15) is 0 Å². The molecule has 0 saturated carbocycles. The third-order valence-corrected chi connectivity index (χ3v) is 4.19. The molecular formula is C14H24ClN3O2. The summed E-state index contributed by atoms with van der Waals surface area (Å²) < 4.78 is 5.19. The van der Waals surface area contributed by atoms with Gasteiger partial charge in [0, 0.05) is 25.1 Å². The SMILES string of the molecule is CCC(C)c1cc(C(=O)N2CCC(C)(CN)C2)on1.Cl. The van der Waals surface area contributed by atoms with Crippen LogP contribution in [0, 0.1) is 5.41 Å². The van der Waals surface area contributed by atoms with E-state index in [4.69, 9.17) is 10.3 Å². The highest BCUT2D eigenvalue weighted by Crippen LogP contribution is 2.30. The first-order valence-electron chi connectivity index (χ1n) is 6.95. The molecule has 0 aliphatic carbocycles. The molecule has 0 radical (unpaired) electrons. The first-order chi connectivity index (χ1) is 8.99. The lowest BCUT2D eigenvalue weighted by Gasteiger charge is -2.21. The molecule has 2 atom stereocenters. The molecule has 5 nitrogen and oxygen atoms in total. The van der Waals surface area contributed by atoms with Gasteiger partial charge in [-0.1, -0.05) is 25.9 Å². The molecule has 1 amide bonds. The molecule has 2 unspecified atom stereocenters. The number of carbonyl (C=O) groups excluding carboxylic acids is 1. The Morgan fingerprint density at radius 3 is 2.90 bits per heavy atom. The normalized spacial score (nSPS) is 23.5. The van der Waals surface area contributed by atoms with Crippen LogP contribution in [-0.2, 0) is 0 Å². The van der Waals surface area contributed by atoms with E-state index in [0.29, 0.717) is 24.8 Å². The van der Waals surface area contributed by atoms with Crippen molar-refractivity contribution in [2.45, 2.75) is 39.5 Å². The fourth-order valence-corrected chi connectivity index (χ4v) is 2.35. The van der Waals surface area contributed by atoms with Gasteiger partial charge in [-0.15, -0.1) is 12.4 Å². The van der Waals surface area contributed by atoms with E-state index in [0.717, 1.165) is 25.1 Å². The first kappa shape index (κ1) is 17.0. The van der Waals surface area contributed by atoms with Crippen LogP contribution in [0.3, 0.4) is 0 Å². The van der Waals surface area contributed by atoms with Crippen molar-refractivity contribution in [2.75, 3.05) is 19.6 Å². The summed E-state index contributed by atoms with van der Waals surface area (Å²) in [7, 11) is 0. The minimum absolute atomic E-state index is 0. The molecule has 2 heterocycles. The van der Waals surface area contributed by atoms with E-state index in [1.165, 1.54) is 0 Å². The number of carbonyl (C=O) groups is 1. The lowest BCUT2D eigenvalue weighted by atomic mass is 9.90. The van der Waals surface area contributed by atoms with Crippen LogP contribution in [0.5, 0.6) is 0 Å². The number of aromatic nitrogens is 1. The van der Waals surface area contributed by atoms with Crippen LogP contribution in [0.25, 0.3) is 0 Å². The van der Waals surface area contributed by atoms with E-state index in [1.54, 1.807) is 6.07 Å². The topological polar surface area (TPSA) is 72.4 Å². The zero-order valence-corrected chi connectivity index (χ0v) is 13.2. The van der Waals surface area contributed by atoms with Crippen molar-refractivity contribution in [1.29, 1.82) is 0 Å². The maximum atomic E-state index is 12.3. The summed E-state index contributed by atoms with van der Waals surface area (Å²) in [6.07, 6.45) is 1.93. The van der Waals surface area contributed by atoms with Crippen LogP contribution >= 0.6 is 12.4 Å². The van der Waals surface area contributed by atoms with Crippen molar-refractivity contribution in [3.63, 3.8) is 0 Å². The van der Waals surface area contributed by atoms with Gasteiger partial charge in [-0.05, 0) is 24.8 Å². The van der Waals surface area contributed by atoms with Crippen molar-refractivity contribution in [2.24, 2.45) is 11.1 Å². The van der Waals surface area contributed by atoms with Gasteiger partial charge < -0.3 is 15.2 Å². The highest BCUT2D eigenvalue weighted by molar-refractivity contribution is 5.91. The number of hydrogen-bond donors (Lipinski definition) is 1. The summed E-state index contributed by atoms with van der Waals surface area (Å²) >= 11 is 0. The molecule has 2 N–H and O–H groups in total. The van der Waals surface area contributed by atoms with E-state index < -0.39 is 0 Å². The van der Waals surface area contributed by atoms with E-state index in [9.17, 15) is 4.79 Å². The maximum Gasteiger partial charge on any atom is 0.292 e. The van der Waals surface area contributed by atoms with Crippen LogP contribution in [0.4, 0.5) is 0 Å². The third kappa shape index (κ3) is 3.33. The number of amides is 1. The second-order valence-corrected chi connectivity index (χ2v) is 5.92. The number of hydrogen-bond acceptors (Lipinski definition) is 4. The fourth-order valence-electron chi connectivity index (χ4n) is 2.35. The molecule has 1 aliphatic heterocycles. The lowest BCUT2D eigenvalue weighted by Crippen LogP contribution is -2.34. The Kier molecular flexibility index (Phi) is 5.59. The van der Waals surface area contributed by atoms with Gasteiger partial charge in [0.15, 0.2) is 0 Å². The molecule has 0 bridgehead atoms. The smallest absolute Gasteiger partial charge is 0.292 e. The summed E-state index contributed by atoms with van der Waals surface area (Å²) in [6, 6.07) is 1.77. The van der Waals surface area contributed by atoms with E-state index in [2.05, 4.69) is 25.9 Å². The number of rotatable bonds is 4. The number of likely N-dealkylation sites (tertiary alicyclic amines) is 1. The average molecular weight is 302 g/mol. The van der Waals surface area contributed by atoms with Gasteiger partial charge in [0.1, 0.15) is 0 Å². The zero-order valence-electron chi connectivity index (χ0n) is 12.4. The molecule has 2 rings (SSSR count). The van der Waals surface area contributed by atoms with Gasteiger partial charge in [-0.25, -0.2) is 0 Å². The predicted molar refractivity (Wildman–Crippen MR) is 80.1 cm³/mol. The van der Waals surface area contributed by atoms with Crippen molar-refractivity contribution in [1.82, 2.24) is 10.1 Å². The summed E-state index contributed by atoms with van der Waals surface area (Å²) in [4.78, 5) is 14.1. The monoisotopic (exact) mass is 301 g/mol. The molecule has 20 heavy (non-hydrogen) atoms. The minimum Gasteiger partial charge on any atom is -0.351 e. The highest BCUT2D eigenvalue weighted by atomic mass is 35.5. The van der Waals surface area contributed by atoms with Crippen LogP contribution in [0.1, 0.15) is 55.8 Å². The lowest BCUT2D eigenvalue weighted by molar-refractivity contribution is 0.0735. The van der Waals surface area contributed by atoms with Crippen LogP contribution in [-0.4, -0.2) is 35.6 Å². The number of halogens is 1. The third-order valence-electron chi connectivity index (χ3n) is 4.19. The maximum absolute atomic E-state index is 12.3. The molecule has 6 heteroatoms. The Morgan fingerprint density at radius 2 is 2.35 bits per heavy atom. The van der Waals surface area contributed by atoms with E-state index in [1.807, 2.05) is 4.90 Å². The largest absolute Gasteiger partial charge is 0.351 e.